The molecule has 0 spiro atoms. The number of amides is 2. The monoisotopic (exact) mass is 476 g/mol. The summed E-state index contributed by atoms with van der Waals surface area (Å²) in [6.07, 6.45) is 3.98. The largest absolute Gasteiger partial charge is 0.481 e. The highest BCUT2D eigenvalue weighted by Crippen LogP contribution is 2.31. The Morgan fingerprint density at radius 3 is 2.35 bits per heavy atom. The fourth-order valence-electron chi connectivity index (χ4n) is 3.60. The summed E-state index contributed by atoms with van der Waals surface area (Å²) in [6.45, 7) is 3.41. The average Bonchev–Trinajstić information content (AvgIpc) is 2.84. The van der Waals surface area contributed by atoms with Gasteiger partial charge >= 0.3 is 12.0 Å². The number of hydrogen-bond donors (Lipinski definition) is 2. The number of benzene rings is 3. The van der Waals surface area contributed by atoms with Crippen LogP contribution in [-0.2, 0) is 17.6 Å². The van der Waals surface area contributed by atoms with Crippen molar-refractivity contribution < 1.29 is 14.7 Å². The first kappa shape index (κ1) is 25.4. The fraction of sp³-hybridized carbons (Fsp3) is 0.286. The van der Waals surface area contributed by atoms with Crippen molar-refractivity contribution in [3.8, 4) is 0 Å². The molecule has 0 bridgehead atoms. The summed E-state index contributed by atoms with van der Waals surface area (Å²) in [6, 6.07) is 25.7. The second-order valence-corrected chi connectivity index (χ2v) is 9.29. The van der Waals surface area contributed by atoms with Crippen molar-refractivity contribution in [3.05, 3.63) is 90.0 Å². The summed E-state index contributed by atoms with van der Waals surface area (Å²) < 4.78 is 0. The van der Waals surface area contributed by atoms with Gasteiger partial charge in [-0.15, -0.1) is 0 Å². The van der Waals surface area contributed by atoms with Gasteiger partial charge in [-0.05, 0) is 54.3 Å². The Balaban J connectivity index is 1.73. The number of carboxylic acid groups (broad SMARTS) is 1. The Labute approximate surface area is 206 Å². The number of hydrogen-bond acceptors (Lipinski definition) is 3. The lowest BCUT2D eigenvalue weighted by Crippen LogP contribution is -2.41. The average molecular weight is 477 g/mol. The third-order valence-corrected chi connectivity index (χ3v) is 6.41. The Kier molecular flexibility index (Phi) is 10.0. The number of aliphatic carboxylic acids is 1. The van der Waals surface area contributed by atoms with E-state index in [1.807, 2.05) is 71.6 Å². The molecule has 0 unspecified atom stereocenters. The molecule has 0 heterocycles. The van der Waals surface area contributed by atoms with E-state index in [4.69, 9.17) is 5.11 Å². The van der Waals surface area contributed by atoms with Crippen LogP contribution in [0.15, 0.2) is 88.7 Å². The maximum absolute atomic E-state index is 13.1. The lowest BCUT2D eigenvalue weighted by Gasteiger charge is -2.24. The van der Waals surface area contributed by atoms with E-state index in [-0.39, 0.29) is 12.5 Å². The third kappa shape index (κ3) is 8.27. The molecular formula is C28H32N2O3S. The molecule has 178 valence electrons. The van der Waals surface area contributed by atoms with Gasteiger partial charge in [0.1, 0.15) is 0 Å². The van der Waals surface area contributed by atoms with Gasteiger partial charge in [-0.25, -0.2) is 4.79 Å². The smallest absolute Gasteiger partial charge is 0.321 e. The molecule has 0 radical (unpaired) electrons. The minimum absolute atomic E-state index is 0.0180. The van der Waals surface area contributed by atoms with Gasteiger partial charge in [-0.1, -0.05) is 80.1 Å². The Morgan fingerprint density at radius 2 is 1.65 bits per heavy atom. The Hall–Kier alpha value is -3.25. The first-order valence-electron chi connectivity index (χ1n) is 11.7. The van der Waals surface area contributed by atoms with Crippen LogP contribution < -0.4 is 10.2 Å². The minimum Gasteiger partial charge on any atom is -0.481 e. The van der Waals surface area contributed by atoms with Crippen molar-refractivity contribution in [1.82, 2.24) is 5.32 Å². The van der Waals surface area contributed by atoms with Gasteiger partial charge in [0, 0.05) is 28.6 Å². The van der Waals surface area contributed by atoms with Gasteiger partial charge in [0.05, 0.1) is 6.42 Å². The second kappa shape index (κ2) is 13.5. The molecule has 0 aliphatic carbocycles. The highest BCUT2D eigenvalue weighted by molar-refractivity contribution is 7.99. The van der Waals surface area contributed by atoms with E-state index in [2.05, 4.69) is 24.4 Å². The molecule has 3 rings (SSSR count). The van der Waals surface area contributed by atoms with E-state index < -0.39 is 5.97 Å². The fourth-order valence-corrected chi connectivity index (χ4v) is 4.47. The SMILES string of the molecule is CCCCCNC(=O)N(CCc1ccccc1)c1cccc(Sc2ccc(CC(=O)O)cc2)c1. The predicted octanol–water partition coefficient (Wildman–Crippen LogP) is 6.41. The lowest BCUT2D eigenvalue weighted by atomic mass is 10.1. The zero-order chi connectivity index (χ0) is 24.2. The van der Waals surface area contributed by atoms with E-state index >= 15 is 0 Å². The summed E-state index contributed by atoms with van der Waals surface area (Å²) in [5.41, 5.74) is 2.83. The van der Waals surface area contributed by atoms with Gasteiger partial charge in [0.25, 0.3) is 0 Å². The molecule has 0 fully saturated rings. The number of carbonyl (C=O) groups excluding carboxylic acids is 1. The van der Waals surface area contributed by atoms with Crippen LogP contribution in [0.1, 0.15) is 37.3 Å². The van der Waals surface area contributed by atoms with Crippen molar-refractivity contribution in [1.29, 1.82) is 0 Å². The summed E-state index contributed by atoms with van der Waals surface area (Å²) >= 11 is 1.59. The zero-order valence-electron chi connectivity index (χ0n) is 19.6. The molecule has 0 atom stereocenters. The van der Waals surface area contributed by atoms with Crippen molar-refractivity contribution in [2.24, 2.45) is 0 Å². The second-order valence-electron chi connectivity index (χ2n) is 8.14. The molecule has 34 heavy (non-hydrogen) atoms. The predicted molar refractivity (Wildman–Crippen MR) is 139 cm³/mol. The van der Waals surface area contributed by atoms with Crippen molar-refractivity contribution >= 4 is 29.4 Å². The molecule has 3 aromatic carbocycles. The summed E-state index contributed by atoms with van der Waals surface area (Å²) in [5, 5.41) is 12.0. The van der Waals surface area contributed by atoms with Gasteiger partial charge in [-0.3, -0.25) is 9.69 Å². The number of nitrogens with one attached hydrogen (secondary N) is 1. The molecule has 3 aromatic rings. The number of unbranched alkanes of at least 4 members (excludes halogenated alkanes) is 2. The van der Waals surface area contributed by atoms with Crippen LogP contribution in [0.5, 0.6) is 0 Å². The molecule has 0 aliphatic rings. The quantitative estimate of drug-likeness (QED) is 0.296. The highest BCUT2D eigenvalue weighted by Gasteiger charge is 2.16. The van der Waals surface area contributed by atoms with E-state index in [0.717, 1.165) is 46.7 Å². The number of carboxylic acids is 1. The Morgan fingerprint density at radius 1 is 0.882 bits per heavy atom. The van der Waals surface area contributed by atoms with Gasteiger partial charge < -0.3 is 10.4 Å². The summed E-state index contributed by atoms with van der Waals surface area (Å²) in [5.74, 6) is -0.836. The standard InChI is InChI=1S/C28H32N2O3S/c1-2-3-7-18-29-28(33)30(19-17-22-9-5-4-6-10-22)24-11-8-12-26(21-24)34-25-15-13-23(14-16-25)20-27(31)32/h4-6,8-16,21H,2-3,7,17-20H2,1H3,(H,29,33)(H,31,32). The van der Waals surface area contributed by atoms with Gasteiger partial charge in [0.2, 0.25) is 0 Å². The molecule has 0 aromatic heterocycles. The molecule has 0 saturated heterocycles. The molecular weight excluding hydrogens is 444 g/mol. The number of carbonyl (C=O) groups is 2. The number of nitrogens with zero attached hydrogens (tertiary/aromatic N) is 1. The first-order valence-corrected chi connectivity index (χ1v) is 12.5. The molecule has 5 nitrogen and oxygen atoms in total. The minimum atomic E-state index is -0.836. The van der Waals surface area contributed by atoms with Gasteiger partial charge in [-0.2, -0.15) is 0 Å². The highest BCUT2D eigenvalue weighted by atomic mass is 32.2. The number of rotatable bonds is 12. The molecule has 6 heteroatoms. The van der Waals surface area contributed by atoms with Crippen LogP contribution in [0.3, 0.4) is 0 Å². The van der Waals surface area contributed by atoms with E-state index in [1.54, 1.807) is 11.8 Å². The van der Waals surface area contributed by atoms with E-state index in [0.29, 0.717) is 13.1 Å². The van der Waals surface area contributed by atoms with Crippen LogP contribution in [0.4, 0.5) is 10.5 Å². The van der Waals surface area contributed by atoms with Crippen molar-refractivity contribution in [3.63, 3.8) is 0 Å². The number of anilines is 1. The van der Waals surface area contributed by atoms with Crippen LogP contribution in [0.25, 0.3) is 0 Å². The first-order chi connectivity index (χ1) is 16.5. The van der Waals surface area contributed by atoms with Gasteiger partial charge in [0.15, 0.2) is 0 Å². The molecule has 0 saturated carbocycles. The molecule has 0 aliphatic heterocycles. The topological polar surface area (TPSA) is 69.6 Å². The van der Waals surface area contributed by atoms with Crippen LogP contribution in [0.2, 0.25) is 0 Å². The van der Waals surface area contributed by atoms with Crippen LogP contribution in [0, 0.1) is 0 Å². The van der Waals surface area contributed by atoms with E-state index in [9.17, 15) is 9.59 Å². The molecule has 2 N–H and O–H groups in total. The normalized spacial score (nSPS) is 10.6. The lowest BCUT2D eigenvalue weighted by molar-refractivity contribution is -0.136. The van der Waals surface area contributed by atoms with Crippen LogP contribution >= 0.6 is 11.8 Å². The molecule has 2 amide bonds. The van der Waals surface area contributed by atoms with Crippen molar-refractivity contribution in [2.45, 2.75) is 48.8 Å². The van der Waals surface area contributed by atoms with Crippen LogP contribution in [-0.4, -0.2) is 30.2 Å². The third-order valence-electron chi connectivity index (χ3n) is 5.41. The van der Waals surface area contributed by atoms with Crippen molar-refractivity contribution in [2.75, 3.05) is 18.0 Å². The maximum Gasteiger partial charge on any atom is 0.321 e. The summed E-state index contributed by atoms with van der Waals surface area (Å²) in [4.78, 5) is 27.8. The summed E-state index contributed by atoms with van der Waals surface area (Å²) in [7, 11) is 0. The zero-order valence-corrected chi connectivity index (χ0v) is 20.4. The Bertz CT molecular complexity index is 1050. The van der Waals surface area contributed by atoms with E-state index in [1.165, 1.54) is 5.56 Å². The number of urea groups is 1. The maximum atomic E-state index is 13.1.